The van der Waals surface area contributed by atoms with E-state index < -0.39 is 21.7 Å². The van der Waals surface area contributed by atoms with Crippen LogP contribution in [-0.2, 0) is 14.8 Å². The normalized spacial score (nSPS) is 12.6. The lowest BCUT2D eigenvalue weighted by atomic mass is 10.3. The molecule has 0 fully saturated rings. The molecule has 0 radical (unpaired) electrons. The molecule has 0 aromatic heterocycles. The minimum atomic E-state index is -3.72. The van der Waals surface area contributed by atoms with E-state index in [1.54, 1.807) is 0 Å². The quantitative estimate of drug-likeness (QED) is 0.560. The molecule has 20 heavy (non-hydrogen) atoms. The van der Waals surface area contributed by atoms with Crippen LogP contribution in [0.15, 0.2) is 0 Å². The lowest BCUT2D eigenvalue weighted by Crippen LogP contribution is -2.38. The molecule has 0 spiro atoms. The number of carboxylic acids is 1. The zero-order valence-corrected chi connectivity index (χ0v) is 13.7. The van der Waals surface area contributed by atoms with Gasteiger partial charge in [-0.15, -0.1) is 0 Å². The minimum absolute atomic E-state index is 0.362. The summed E-state index contributed by atoms with van der Waals surface area (Å²) >= 11 is 0. The second-order valence-electron chi connectivity index (χ2n) is 5.36. The molecule has 120 valence electrons. The summed E-state index contributed by atoms with van der Waals surface area (Å²) in [6.45, 7) is 2.27. The Morgan fingerprint density at radius 3 is 1.60 bits per heavy atom. The van der Waals surface area contributed by atoms with Crippen LogP contribution in [0.4, 0.5) is 0 Å². The van der Waals surface area contributed by atoms with E-state index in [-0.39, 0.29) is 0 Å². The summed E-state index contributed by atoms with van der Waals surface area (Å²) in [5, 5.41) is 8.70. The number of carboxylic acid groups (broad SMARTS) is 1. The van der Waals surface area contributed by atoms with Crippen molar-refractivity contribution in [1.82, 2.24) is 14.1 Å². The number of nitrogens with zero attached hydrogens (tertiary/aromatic N) is 3. The van der Waals surface area contributed by atoms with Crippen molar-refractivity contribution >= 4 is 16.0 Å². The van der Waals surface area contributed by atoms with Gasteiger partial charge in [-0.25, -0.2) is 12.7 Å². The van der Waals surface area contributed by atoms with Crippen molar-refractivity contribution in [3.8, 4) is 0 Å². The van der Waals surface area contributed by atoms with Crippen molar-refractivity contribution in [1.29, 1.82) is 0 Å². The molecule has 0 rings (SSSR count). The molecule has 0 unspecified atom stereocenters. The summed E-state index contributed by atoms with van der Waals surface area (Å²) in [4.78, 5) is 14.6. The van der Waals surface area contributed by atoms with E-state index in [4.69, 9.17) is 5.11 Å². The van der Waals surface area contributed by atoms with E-state index in [0.29, 0.717) is 25.9 Å². The molecule has 0 aliphatic heterocycles. The van der Waals surface area contributed by atoms with Crippen molar-refractivity contribution in [2.24, 2.45) is 0 Å². The Morgan fingerprint density at radius 2 is 1.30 bits per heavy atom. The number of rotatable bonds is 11. The Labute approximate surface area is 122 Å². The van der Waals surface area contributed by atoms with Gasteiger partial charge in [0.05, 0.1) is 0 Å². The van der Waals surface area contributed by atoms with Gasteiger partial charge in [0.15, 0.2) is 5.75 Å². The predicted octanol–water partition coefficient (Wildman–Crippen LogP) is -0.394. The fraction of sp³-hybridized carbons (Fsp3) is 0.917. The van der Waals surface area contributed by atoms with Crippen molar-refractivity contribution in [3.05, 3.63) is 0 Å². The van der Waals surface area contributed by atoms with Crippen LogP contribution < -0.4 is 0 Å². The van der Waals surface area contributed by atoms with Gasteiger partial charge in [0.25, 0.3) is 0 Å². The molecule has 8 heteroatoms. The summed E-state index contributed by atoms with van der Waals surface area (Å²) in [6.07, 6.45) is 1.38. The molecule has 0 aromatic rings. The van der Waals surface area contributed by atoms with E-state index in [2.05, 4.69) is 0 Å². The second-order valence-corrected chi connectivity index (χ2v) is 7.33. The van der Waals surface area contributed by atoms with E-state index >= 15 is 0 Å². The lowest BCUT2D eigenvalue weighted by molar-refractivity contribution is -0.134. The second kappa shape index (κ2) is 9.28. The lowest BCUT2D eigenvalue weighted by Gasteiger charge is -2.23. The third-order valence-corrected chi connectivity index (χ3v) is 4.49. The monoisotopic (exact) mass is 309 g/mol. The van der Waals surface area contributed by atoms with Gasteiger partial charge >= 0.3 is 5.97 Å². The number of aliphatic carboxylic acids is 1. The van der Waals surface area contributed by atoms with Crippen LogP contribution in [0.25, 0.3) is 0 Å². The van der Waals surface area contributed by atoms with E-state index in [1.807, 2.05) is 38.0 Å². The number of hydrogen-bond acceptors (Lipinski definition) is 5. The van der Waals surface area contributed by atoms with Crippen LogP contribution in [0.5, 0.6) is 0 Å². The first kappa shape index (κ1) is 19.3. The standard InChI is InChI=1S/C12H27N3O4S/c1-13(2)7-5-9-15(10-6-8-14(3)4)20(18,19)11-12(16)17/h5-11H2,1-4H3,(H,16,17). The summed E-state index contributed by atoms with van der Waals surface area (Å²) in [7, 11) is 3.95. The van der Waals surface area contributed by atoms with Crippen LogP contribution >= 0.6 is 0 Å². The van der Waals surface area contributed by atoms with Gasteiger partial charge in [0.1, 0.15) is 0 Å². The highest BCUT2D eigenvalue weighted by molar-refractivity contribution is 7.89. The number of hydrogen-bond donors (Lipinski definition) is 1. The summed E-state index contributed by atoms with van der Waals surface area (Å²) < 4.78 is 25.3. The first-order valence-corrected chi connectivity index (χ1v) is 8.25. The molecule has 0 aliphatic carbocycles. The van der Waals surface area contributed by atoms with Gasteiger partial charge < -0.3 is 14.9 Å². The largest absolute Gasteiger partial charge is 0.480 e. The molecule has 1 N–H and O–H groups in total. The Bertz CT molecular complexity index is 368. The maximum atomic E-state index is 12.0. The summed E-state index contributed by atoms with van der Waals surface area (Å²) in [5.41, 5.74) is 0. The summed E-state index contributed by atoms with van der Waals surface area (Å²) in [6, 6.07) is 0. The zero-order valence-electron chi connectivity index (χ0n) is 12.9. The fourth-order valence-electron chi connectivity index (χ4n) is 1.76. The molecular formula is C12H27N3O4S. The van der Waals surface area contributed by atoms with Crippen molar-refractivity contribution in [3.63, 3.8) is 0 Å². The van der Waals surface area contributed by atoms with E-state index in [0.717, 1.165) is 13.1 Å². The van der Waals surface area contributed by atoms with Gasteiger partial charge in [-0.3, -0.25) is 4.79 Å². The third-order valence-electron chi connectivity index (χ3n) is 2.72. The SMILES string of the molecule is CN(C)CCCN(CCCN(C)C)S(=O)(=O)CC(=O)O. The Kier molecular flexibility index (Phi) is 8.95. The molecule has 0 saturated carbocycles. The van der Waals surface area contributed by atoms with Crippen LogP contribution in [0.3, 0.4) is 0 Å². The molecule has 0 bridgehead atoms. The average Bonchev–Trinajstić information content (AvgIpc) is 2.24. The van der Waals surface area contributed by atoms with Crippen molar-refractivity contribution < 1.29 is 18.3 Å². The zero-order chi connectivity index (χ0) is 15.8. The summed E-state index contributed by atoms with van der Waals surface area (Å²) in [5.74, 6) is -2.15. The molecule has 7 nitrogen and oxygen atoms in total. The number of carbonyl (C=O) groups is 1. The van der Waals surface area contributed by atoms with E-state index in [1.165, 1.54) is 4.31 Å². The molecule has 0 amide bonds. The highest BCUT2D eigenvalue weighted by Crippen LogP contribution is 2.05. The first-order valence-electron chi connectivity index (χ1n) is 6.64. The van der Waals surface area contributed by atoms with Gasteiger partial charge in [-0.05, 0) is 54.1 Å². The van der Waals surface area contributed by atoms with Gasteiger partial charge in [-0.1, -0.05) is 0 Å². The van der Waals surface area contributed by atoms with Crippen LogP contribution in [0, 0.1) is 0 Å². The Morgan fingerprint density at radius 1 is 0.900 bits per heavy atom. The molecule has 0 aromatic carbocycles. The fourth-order valence-corrected chi connectivity index (χ4v) is 3.07. The number of sulfonamides is 1. The topological polar surface area (TPSA) is 81.2 Å². The Balaban J connectivity index is 4.56. The molecular weight excluding hydrogens is 282 g/mol. The van der Waals surface area contributed by atoms with E-state index in [9.17, 15) is 13.2 Å². The Hall–Kier alpha value is -0.700. The molecule has 0 saturated heterocycles. The molecule has 0 heterocycles. The van der Waals surface area contributed by atoms with Gasteiger partial charge in [0, 0.05) is 13.1 Å². The highest BCUT2D eigenvalue weighted by Gasteiger charge is 2.24. The maximum Gasteiger partial charge on any atom is 0.320 e. The average molecular weight is 309 g/mol. The first-order chi connectivity index (χ1) is 9.15. The predicted molar refractivity (Wildman–Crippen MR) is 79.3 cm³/mol. The van der Waals surface area contributed by atoms with Crippen LogP contribution in [0.2, 0.25) is 0 Å². The van der Waals surface area contributed by atoms with Crippen molar-refractivity contribution in [2.45, 2.75) is 12.8 Å². The van der Waals surface area contributed by atoms with Gasteiger partial charge in [0.2, 0.25) is 10.0 Å². The maximum absolute atomic E-state index is 12.0. The molecule has 0 aliphatic rings. The smallest absolute Gasteiger partial charge is 0.320 e. The highest BCUT2D eigenvalue weighted by atomic mass is 32.2. The van der Waals surface area contributed by atoms with Gasteiger partial charge in [-0.2, -0.15) is 0 Å². The van der Waals surface area contributed by atoms with Crippen LogP contribution in [-0.4, -0.2) is 93.7 Å². The third kappa shape index (κ3) is 9.24. The van der Waals surface area contributed by atoms with Crippen LogP contribution in [0.1, 0.15) is 12.8 Å². The molecule has 0 atom stereocenters. The van der Waals surface area contributed by atoms with Crippen molar-refractivity contribution in [2.75, 3.05) is 60.1 Å². The minimum Gasteiger partial charge on any atom is -0.480 e.